The van der Waals surface area contributed by atoms with Crippen LogP contribution in [0, 0.1) is 0 Å². The lowest BCUT2D eigenvalue weighted by Gasteiger charge is -2.26. The predicted octanol–water partition coefficient (Wildman–Crippen LogP) is 5.07. The second kappa shape index (κ2) is 12.2. The van der Waals surface area contributed by atoms with Crippen LogP contribution in [0.25, 0.3) is 11.2 Å². The average molecular weight is 564 g/mol. The number of benzene rings is 2. The summed E-state index contributed by atoms with van der Waals surface area (Å²) in [6, 6.07) is 17.2. The standard InChI is InChI=1S/C29H37N7O3S/c1-3-36-19-30-26-27(33-29(34-28(26)36)32-23-15-17-25(37)18-16-23)31-22-11-13-24(14-12-22)35-40(38,39)20(2)9-10-21-7-5-4-6-8-21/h4-8,11-14,19-20,23,25,35,37H,3,9-10,15-18H2,1-2H3,(H2,31,32,33,34). The van der Waals surface area contributed by atoms with Crippen LogP contribution in [0.3, 0.4) is 0 Å². The number of hydrogen-bond donors (Lipinski definition) is 4. The number of rotatable bonds is 11. The lowest BCUT2D eigenvalue weighted by atomic mass is 9.93. The molecule has 11 heteroatoms. The third-order valence-electron chi connectivity index (χ3n) is 7.45. The summed E-state index contributed by atoms with van der Waals surface area (Å²) in [6.45, 7) is 4.49. The monoisotopic (exact) mass is 563 g/mol. The van der Waals surface area contributed by atoms with Crippen LogP contribution in [-0.4, -0.2) is 50.4 Å². The zero-order chi connectivity index (χ0) is 28.1. The molecule has 0 aliphatic heterocycles. The Kier molecular flexibility index (Phi) is 8.51. The van der Waals surface area contributed by atoms with Crippen LogP contribution in [0.2, 0.25) is 0 Å². The summed E-state index contributed by atoms with van der Waals surface area (Å²) in [6.07, 6.45) is 6.01. The molecule has 5 rings (SSSR count). The number of hydrogen-bond acceptors (Lipinski definition) is 8. The van der Waals surface area contributed by atoms with Gasteiger partial charge in [-0.25, -0.2) is 13.4 Å². The van der Waals surface area contributed by atoms with Crippen molar-refractivity contribution in [3.8, 4) is 0 Å². The molecule has 0 saturated heterocycles. The maximum absolute atomic E-state index is 12.9. The van der Waals surface area contributed by atoms with E-state index < -0.39 is 15.3 Å². The van der Waals surface area contributed by atoms with Crippen molar-refractivity contribution in [2.45, 2.75) is 76.3 Å². The molecule has 2 heterocycles. The summed E-state index contributed by atoms with van der Waals surface area (Å²) < 4.78 is 30.5. The van der Waals surface area contributed by atoms with Crippen LogP contribution in [-0.2, 0) is 23.0 Å². The van der Waals surface area contributed by atoms with Gasteiger partial charge in [0.1, 0.15) is 0 Å². The summed E-state index contributed by atoms with van der Waals surface area (Å²) in [5.41, 5.74) is 3.76. The fraction of sp³-hybridized carbons (Fsp3) is 0.414. The Hall–Kier alpha value is -3.70. The van der Waals surface area contributed by atoms with Gasteiger partial charge in [-0.15, -0.1) is 0 Å². The van der Waals surface area contributed by atoms with Crippen molar-refractivity contribution in [2.75, 3.05) is 15.4 Å². The maximum Gasteiger partial charge on any atom is 0.235 e. The molecule has 2 aromatic carbocycles. The molecule has 0 bridgehead atoms. The van der Waals surface area contributed by atoms with Crippen LogP contribution in [0.5, 0.6) is 0 Å². The van der Waals surface area contributed by atoms with E-state index in [0.29, 0.717) is 35.8 Å². The van der Waals surface area contributed by atoms with Crippen molar-refractivity contribution in [1.29, 1.82) is 0 Å². The summed E-state index contributed by atoms with van der Waals surface area (Å²) >= 11 is 0. The lowest BCUT2D eigenvalue weighted by Crippen LogP contribution is -2.29. The predicted molar refractivity (Wildman–Crippen MR) is 159 cm³/mol. The average Bonchev–Trinajstić information content (AvgIpc) is 3.38. The first-order valence-electron chi connectivity index (χ1n) is 13.9. The summed E-state index contributed by atoms with van der Waals surface area (Å²) in [4.78, 5) is 14.0. The van der Waals surface area contributed by atoms with E-state index in [9.17, 15) is 13.5 Å². The van der Waals surface area contributed by atoms with Gasteiger partial charge in [0, 0.05) is 24.0 Å². The number of aliphatic hydroxyl groups is 1. The summed E-state index contributed by atoms with van der Waals surface area (Å²) in [5.74, 6) is 1.08. The minimum Gasteiger partial charge on any atom is -0.393 e. The first-order chi connectivity index (χ1) is 19.3. The Morgan fingerprint density at radius 2 is 1.70 bits per heavy atom. The zero-order valence-electron chi connectivity index (χ0n) is 22.9. The molecule has 4 N–H and O–H groups in total. The molecule has 0 radical (unpaired) electrons. The molecule has 10 nitrogen and oxygen atoms in total. The summed E-state index contributed by atoms with van der Waals surface area (Å²) in [5, 5.41) is 16.1. The second-order valence-corrected chi connectivity index (χ2v) is 12.5. The highest BCUT2D eigenvalue weighted by atomic mass is 32.2. The van der Waals surface area contributed by atoms with E-state index in [4.69, 9.17) is 9.97 Å². The Morgan fingerprint density at radius 1 is 1.00 bits per heavy atom. The van der Waals surface area contributed by atoms with Gasteiger partial charge in [-0.05, 0) is 82.2 Å². The Labute approximate surface area is 235 Å². The Bertz CT molecular complexity index is 1520. The van der Waals surface area contributed by atoms with E-state index in [1.807, 2.05) is 54.0 Å². The molecule has 1 aliphatic rings. The van der Waals surface area contributed by atoms with E-state index in [1.165, 1.54) is 0 Å². The van der Waals surface area contributed by atoms with Crippen LogP contribution in [0.1, 0.15) is 51.5 Å². The highest BCUT2D eigenvalue weighted by Crippen LogP contribution is 2.27. The van der Waals surface area contributed by atoms with Gasteiger partial charge in [-0.3, -0.25) is 4.72 Å². The van der Waals surface area contributed by atoms with E-state index in [2.05, 4.69) is 20.3 Å². The number of sulfonamides is 1. The quantitative estimate of drug-likeness (QED) is 0.199. The minimum atomic E-state index is -3.54. The third kappa shape index (κ3) is 6.71. The highest BCUT2D eigenvalue weighted by molar-refractivity contribution is 7.93. The number of imidazole rings is 1. The largest absolute Gasteiger partial charge is 0.393 e. The number of aliphatic hydroxyl groups excluding tert-OH is 1. The number of nitrogens with one attached hydrogen (secondary N) is 3. The molecule has 212 valence electrons. The Balaban J connectivity index is 1.28. The molecule has 40 heavy (non-hydrogen) atoms. The first kappa shape index (κ1) is 27.9. The van der Waals surface area contributed by atoms with Crippen molar-refractivity contribution in [2.24, 2.45) is 0 Å². The molecular formula is C29H37N7O3S. The molecule has 4 aromatic rings. The van der Waals surface area contributed by atoms with E-state index in [0.717, 1.165) is 49.1 Å². The van der Waals surface area contributed by atoms with Crippen molar-refractivity contribution in [3.05, 3.63) is 66.5 Å². The van der Waals surface area contributed by atoms with Gasteiger partial charge in [0.2, 0.25) is 16.0 Å². The van der Waals surface area contributed by atoms with Crippen LogP contribution >= 0.6 is 0 Å². The molecule has 0 amide bonds. The minimum absolute atomic E-state index is 0.203. The number of nitrogens with zero attached hydrogens (tertiary/aromatic N) is 4. The third-order valence-corrected chi connectivity index (χ3v) is 9.27. The highest BCUT2D eigenvalue weighted by Gasteiger charge is 2.22. The Morgan fingerprint density at radius 3 is 2.40 bits per heavy atom. The second-order valence-electron chi connectivity index (χ2n) is 10.4. The van der Waals surface area contributed by atoms with Gasteiger partial charge in [-0.1, -0.05) is 30.3 Å². The van der Waals surface area contributed by atoms with Crippen LogP contribution in [0.4, 0.5) is 23.1 Å². The topological polar surface area (TPSA) is 134 Å². The molecule has 1 fully saturated rings. The molecular weight excluding hydrogens is 526 g/mol. The lowest BCUT2D eigenvalue weighted by molar-refractivity contribution is 0.126. The zero-order valence-corrected chi connectivity index (χ0v) is 23.7. The van der Waals surface area contributed by atoms with Gasteiger partial charge in [0.15, 0.2) is 17.0 Å². The molecule has 0 spiro atoms. The van der Waals surface area contributed by atoms with Crippen molar-refractivity contribution in [1.82, 2.24) is 19.5 Å². The molecule has 1 unspecified atom stereocenters. The molecule has 1 aliphatic carbocycles. The normalized spacial score (nSPS) is 18.4. The fourth-order valence-corrected chi connectivity index (χ4v) is 6.02. The fourth-order valence-electron chi connectivity index (χ4n) is 4.92. The smallest absolute Gasteiger partial charge is 0.235 e. The van der Waals surface area contributed by atoms with Crippen LogP contribution < -0.4 is 15.4 Å². The SMILES string of the molecule is CCn1cnc2c(Nc3ccc(NS(=O)(=O)C(C)CCc4ccccc4)cc3)nc(NC3CCC(O)CC3)nc21. The molecule has 2 aromatic heterocycles. The molecule has 1 atom stereocenters. The first-order valence-corrected chi connectivity index (χ1v) is 15.5. The van der Waals surface area contributed by atoms with E-state index in [-0.39, 0.29) is 12.1 Å². The summed E-state index contributed by atoms with van der Waals surface area (Å²) in [7, 11) is -3.54. The van der Waals surface area contributed by atoms with Crippen molar-refractivity contribution in [3.63, 3.8) is 0 Å². The van der Waals surface area contributed by atoms with Gasteiger partial charge in [0.05, 0.1) is 17.7 Å². The van der Waals surface area contributed by atoms with E-state index in [1.54, 1.807) is 25.4 Å². The number of anilines is 4. The van der Waals surface area contributed by atoms with Gasteiger partial charge < -0.3 is 20.3 Å². The van der Waals surface area contributed by atoms with Gasteiger partial charge >= 0.3 is 0 Å². The number of fused-ring (bicyclic) bond motifs is 1. The van der Waals surface area contributed by atoms with Gasteiger partial charge in [0.25, 0.3) is 0 Å². The van der Waals surface area contributed by atoms with Crippen LogP contribution in [0.15, 0.2) is 60.9 Å². The maximum atomic E-state index is 12.9. The van der Waals surface area contributed by atoms with Gasteiger partial charge in [-0.2, -0.15) is 9.97 Å². The number of aryl methyl sites for hydroxylation is 2. The molecule has 1 saturated carbocycles. The van der Waals surface area contributed by atoms with E-state index >= 15 is 0 Å². The van der Waals surface area contributed by atoms with Crippen molar-refractivity contribution >= 4 is 44.3 Å². The number of aromatic nitrogens is 4. The van der Waals surface area contributed by atoms with Crippen molar-refractivity contribution < 1.29 is 13.5 Å².